The average molecular weight is 1290 g/mol. The second kappa shape index (κ2) is 25.3. The molecule has 2 aliphatic heterocycles. The summed E-state index contributed by atoms with van der Waals surface area (Å²) in [5.41, 5.74) is 7.48. The minimum absolute atomic E-state index is 0.311. The van der Waals surface area contributed by atoms with Gasteiger partial charge in [-0.25, -0.2) is 4.67 Å². The molecule has 93 heavy (non-hydrogen) atoms. The highest BCUT2D eigenvalue weighted by Gasteiger charge is 2.69. The number of ether oxygens (including phenoxy) is 6. The van der Waals surface area contributed by atoms with Crippen molar-refractivity contribution >= 4 is 8.53 Å². The largest absolute Gasteiger partial charge is 0.496 e. The number of benzene rings is 6. The maximum atomic E-state index is 9.15. The minimum atomic E-state index is -2.41. The first-order valence-electron chi connectivity index (χ1n) is 33.9. The van der Waals surface area contributed by atoms with Crippen LogP contribution in [-0.4, -0.2) is 51.1 Å². The average Bonchev–Trinajstić information content (AvgIpc) is 1.53. The molecule has 0 aliphatic carbocycles. The second-order valence-corrected chi connectivity index (χ2v) is 36.6. The van der Waals surface area contributed by atoms with Crippen LogP contribution in [-0.2, 0) is 73.0 Å². The monoisotopic (exact) mass is 1290 g/mol. The smallest absolute Gasteiger partial charge is 0.262 e. The maximum absolute atomic E-state index is 9.15. The highest BCUT2D eigenvalue weighted by atomic mass is 31.2. The van der Waals surface area contributed by atoms with Crippen molar-refractivity contribution in [1.29, 1.82) is 0 Å². The fraction of sp³-hybridized carbons (Fsp3) is 0.566. The fourth-order valence-electron chi connectivity index (χ4n) is 14.1. The van der Waals surface area contributed by atoms with Crippen molar-refractivity contribution in [3.63, 3.8) is 0 Å². The molecular formula is C83H118NO8P. The standard InChI is InChI=1S/C83H118NO8P/c1-51(53-39-35-33-36-40-53)84(52(2)54-41-37-34-38-42-54)93-91-82(55-43-59(73(3,4)5)67(85-29)60(44-55)74(6,7)8,56-45-61(75(9,10)11)68(86-30)62(46-56)76(12,13)14)71-72(90-81(27,28)89-71)83(92-93,57-47-63(77(15,16)17)69(87-31)64(48-57)78(18,19)20)58-49-65(79(21,22)23)70(88-32)66(50-58)80(24,25)26/h33-52,71-72H,1-32H3/t51-,52-,71-,72-/m1/s1. The second-order valence-electron chi connectivity index (χ2n) is 35.3. The Morgan fingerprint density at radius 2 is 0.538 bits per heavy atom. The van der Waals surface area contributed by atoms with Crippen LogP contribution in [0.15, 0.2) is 109 Å². The molecule has 508 valence electrons. The zero-order chi connectivity index (χ0) is 69.7. The summed E-state index contributed by atoms with van der Waals surface area (Å²) in [5.74, 6) is 2.14. The van der Waals surface area contributed by atoms with Crippen LogP contribution in [0.1, 0.15) is 284 Å². The molecule has 0 unspecified atom stereocenters. The molecule has 2 heterocycles. The van der Waals surface area contributed by atoms with Crippen molar-refractivity contribution in [2.24, 2.45) is 0 Å². The first-order chi connectivity index (χ1) is 42.5. The molecule has 10 heteroatoms. The lowest BCUT2D eigenvalue weighted by Crippen LogP contribution is -2.54. The normalized spacial score (nSPS) is 19.0. The summed E-state index contributed by atoms with van der Waals surface area (Å²) in [7, 11) is 4.84. The lowest BCUT2D eigenvalue weighted by molar-refractivity contribution is -0.175. The number of rotatable bonds is 13. The molecule has 0 amide bonds. The van der Waals surface area contributed by atoms with Gasteiger partial charge in [-0.1, -0.05) is 227 Å². The van der Waals surface area contributed by atoms with Gasteiger partial charge in [-0.05, 0) is 153 Å². The third kappa shape index (κ3) is 14.0. The number of hydrogen-bond acceptors (Lipinski definition) is 9. The summed E-state index contributed by atoms with van der Waals surface area (Å²) < 4.78 is 64.1. The molecule has 2 saturated heterocycles. The van der Waals surface area contributed by atoms with Gasteiger partial charge in [0.25, 0.3) is 8.53 Å². The molecule has 6 aromatic rings. The highest BCUT2D eigenvalue weighted by Crippen LogP contribution is 2.70. The van der Waals surface area contributed by atoms with Crippen LogP contribution in [0.25, 0.3) is 0 Å². The quantitative estimate of drug-likeness (QED) is 0.105. The van der Waals surface area contributed by atoms with E-state index in [1.807, 2.05) is 28.4 Å². The van der Waals surface area contributed by atoms with Crippen LogP contribution in [0.2, 0.25) is 0 Å². The van der Waals surface area contributed by atoms with Crippen LogP contribution in [0, 0.1) is 0 Å². The summed E-state index contributed by atoms with van der Waals surface area (Å²) >= 11 is 0. The number of methoxy groups -OCH3 is 4. The molecule has 0 aromatic heterocycles. The van der Waals surface area contributed by atoms with E-state index in [1.54, 1.807) is 0 Å². The van der Waals surface area contributed by atoms with Crippen molar-refractivity contribution in [1.82, 2.24) is 4.67 Å². The van der Waals surface area contributed by atoms with E-state index in [9.17, 15) is 0 Å². The van der Waals surface area contributed by atoms with E-state index in [0.29, 0.717) is 0 Å². The molecule has 0 bridgehead atoms. The zero-order valence-electron chi connectivity index (χ0n) is 63.4. The summed E-state index contributed by atoms with van der Waals surface area (Å²) in [6.07, 6.45) is -1.97. The van der Waals surface area contributed by atoms with Crippen LogP contribution >= 0.6 is 8.53 Å². The van der Waals surface area contributed by atoms with Gasteiger partial charge in [0.2, 0.25) is 0 Å². The molecule has 9 nitrogen and oxygen atoms in total. The minimum Gasteiger partial charge on any atom is -0.496 e. The van der Waals surface area contributed by atoms with Crippen LogP contribution in [0.4, 0.5) is 0 Å². The fourth-order valence-corrected chi connectivity index (χ4v) is 16.3. The van der Waals surface area contributed by atoms with Gasteiger partial charge in [0, 0.05) is 56.6 Å². The molecule has 2 fully saturated rings. The van der Waals surface area contributed by atoms with Crippen LogP contribution in [0.3, 0.4) is 0 Å². The van der Waals surface area contributed by atoms with Crippen molar-refractivity contribution < 1.29 is 37.5 Å². The van der Waals surface area contributed by atoms with E-state index in [4.69, 9.17) is 37.5 Å². The van der Waals surface area contributed by atoms with E-state index in [2.05, 4.69) is 308 Å². The lowest BCUT2D eigenvalue weighted by atomic mass is 9.66. The Morgan fingerprint density at radius 3 is 0.710 bits per heavy atom. The Hall–Kier alpha value is -5.25. The third-order valence-electron chi connectivity index (χ3n) is 19.2. The molecule has 2 aliphatic rings. The lowest BCUT2D eigenvalue weighted by Gasteiger charge is -2.46. The Bertz CT molecular complexity index is 3100. The highest BCUT2D eigenvalue weighted by molar-refractivity contribution is 7.44. The van der Waals surface area contributed by atoms with Gasteiger partial charge in [-0.15, -0.1) is 0 Å². The molecule has 6 aromatic carbocycles. The Labute approximate surface area is 564 Å². The molecule has 4 atom stereocenters. The Balaban J connectivity index is 1.82. The number of fused-ring (bicyclic) bond motifs is 1. The van der Waals surface area contributed by atoms with Gasteiger partial charge < -0.3 is 37.5 Å². The molecule has 0 N–H and O–H groups in total. The molecule has 0 spiro atoms. The Kier molecular flexibility index (Phi) is 20.0. The first-order valence-corrected chi connectivity index (χ1v) is 35.0. The van der Waals surface area contributed by atoms with Gasteiger partial charge in [0.15, 0.2) is 17.0 Å². The SMILES string of the molecule is COc1c(C(C)(C)C)cc(C2(c3cc(C(C)(C)C)c(OC)c(C(C)(C)C)c3)OP(N([C@H](C)c3ccccc3)[C@H](C)c3ccccc3)OC(c3cc(C(C)(C)C)c(OC)c(C(C)(C)C)c3)(c3cc(C(C)(C)C)c(OC)c(C(C)(C)C)c3)[C@@H]3OC(C)(C)O[C@H]32)cc1C(C)(C)C. The van der Waals surface area contributed by atoms with Crippen LogP contribution < -0.4 is 18.9 Å². The van der Waals surface area contributed by atoms with Crippen molar-refractivity contribution in [3.05, 3.63) is 187 Å². The van der Waals surface area contributed by atoms with Gasteiger partial charge in [0.1, 0.15) is 35.2 Å². The van der Waals surface area contributed by atoms with Gasteiger partial charge in [-0.3, -0.25) is 0 Å². The van der Waals surface area contributed by atoms with Crippen molar-refractivity contribution in [3.8, 4) is 23.0 Å². The predicted octanol–water partition coefficient (Wildman–Crippen LogP) is 21.9. The first kappa shape index (κ1) is 73.6. The topological polar surface area (TPSA) is 77.1 Å². The summed E-state index contributed by atoms with van der Waals surface area (Å²) in [5, 5.41) is 0. The van der Waals surface area contributed by atoms with Crippen LogP contribution in [0.5, 0.6) is 23.0 Å². The summed E-state index contributed by atoms with van der Waals surface area (Å²) in [6.45, 7) is 63.5. The maximum Gasteiger partial charge on any atom is 0.262 e. The van der Waals surface area contributed by atoms with Gasteiger partial charge >= 0.3 is 0 Å². The number of hydrogen-bond donors (Lipinski definition) is 0. The van der Waals surface area contributed by atoms with E-state index >= 15 is 0 Å². The van der Waals surface area contributed by atoms with E-state index < -0.39 is 81.0 Å². The summed E-state index contributed by atoms with van der Waals surface area (Å²) in [4.78, 5) is 0. The van der Waals surface area contributed by atoms with Gasteiger partial charge in [0.05, 0.1) is 28.4 Å². The molecule has 0 radical (unpaired) electrons. The van der Waals surface area contributed by atoms with E-state index in [-0.39, 0.29) is 12.1 Å². The Morgan fingerprint density at radius 1 is 0.344 bits per heavy atom. The van der Waals surface area contributed by atoms with Crippen molar-refractivity contribution in [2.75, 3.05) is 28.4 Å². The molecular weight excluding hydrogens is 1170 g/mol. The summed E-state index contributed by atoms with van der Waals surface area (Å²) in [6, 6.07) is 40.0. The zero-order valence-corrected chi connectivity index (χ0v) is 64.3. The molecule has 0 saturated carbocycles. The van der Waals surface area contributed by atoms with E-state index in [0.717, 1.165) is 101 Å². The third-order valence-corrected chi connectivity index (χ3v) is 21.2. The van der Waals surface area contributed by atoms with Crippen molar-refractivity contribution in [2.45, 2.75) is 278 Å². The van der Waals surface area contributed by atoms with E-state index in [1.165, 1.54) is 0 Å². The predicted molar refractivity (Wildman–Crippen MR) is 388 cm³/mol. The number of nitrogens with zero attached hydrogens (tertiary/aromatic N) is 1. The molecule has 8 rings (SSSR count). The van der Waals surface area contributed by atoms with Gasteiger partial charge in [-0.2, -0.15) is 0 Å².